The quantitative estimate of drug-likeness (QED) is 0.702. The first kappa shape index (κ1) is 18.0. The molecule has 0 atom stereocenters. The van der Waals surface area contributed by atoms with Crippen molar-refractivity contribution in [3.05, 3.63) is 48.4 Å². The lowest BCUT2D eigenvalue weighted by Crippen LogP contribution is -2.51. The van der Waals surface area contributed by atoms with E-state index >= 15 is 0 Å². The largest absolute Gasteiger partial charge is 0.493 e. The van der Waals surface area contributed by atoms with Gasteiger partial charge in [-0.1, -0.05) is 12.1 Å². The maximum atomic E-state index is 12.3. The number of amides is 1. The molecule has 0 unspecified atom stereocenters. The van der Waals surface area contributed by atoms with Crippen LogP contribution in [-0.4, -0.2) is 67.9 Å². The summed E-state index contributed by atoms with van der Waals surface area (Å²) in [6.45, 7) is 2.69. The highest BCUT2D eigenvalue weighted by Crippen LogP contribution is 2.25. The van der Waals surface area contributed by atoms with Crippen molar-refractivity contribution >= 4 is 11.7 Å². The van der Waals surface area contributed by atoms with Gasteiger partial charge in [-0.25, -0.2) is 0 Å². The van der Waals surface area contributed by atoms with Gasteiger partial charge in [-0.15, -0.1) is 0 Å². The topological polar surface area (TPSA) is 72.2 Å². The molecule has 7 nitrogen and oxygen atoms in total. The molecular formula is C19H22N2O5. The number of piperazine rings is 1. The van der Waals surface area contributed by atoms with E-state index in [9.17, 15) is 9.59 Å². The molecule has 1 aliphatic heterocycles. The van der Waals surface area contributed by atoms with E-state index in [2.05, 4.69) is 0 Å². The SMILES string of the molecule is COc1ccccc1OCC(=O)N1CCN(CC(=O)c2ccco2)CC1. The van der Waals surface area contributed by atoms with Crippen molar-refractivity contribution in [2.75, 3.05) is 46.4 Å². The summed E-state index contributed by atoms with van der Waals surface area (Å²) in [6, 6.07) is 10.6. The Morgan fingerprint density at radius 1 is 1.04 bits per heavy atom. The van der Waals surface area contributed by atoms with Crippen LogP contribution < -0.4 is 9.47 Å². The number of hydrogen-bond donors (Lipinski definition) is 0. The number of hydrogen-bond acceptors (Lipinski definition) is 6. The van der Waals surface area contributed by atoms with E-state index in [1.54, 1.807) is 36.3 Å². The Bertz CT molecular complexity index is 736. The summed E-state index contributed by atoms with van der Waals surface area (Å²) in [7, 11) is 1.56. The van der Waals surface area contributed by atoms with E-state index < -0.39 is 0 Å². The van der Waals surface area contributed by atoms with Crippen LogP contribution in [0.3, 0.4) is 0 Å². The molecule has 1 aromatic heterocycles. The molecule has 0 N–H and O–H groups in total. The zero-order chi connectivity index (χ0) is 18.4. The lowest BCUT2D eigenvalue weighted by Gasteiger charge is -2.34. The zero-order valence-electron chi connectivity index (χ0n) is 14.7. The number of carbonyl (C=O) groups excluding carboxylic acids is 2. The van der Waals surface area contributed by atoms with Crippen molar-refractivity contribution in [2.24, 2.45) is 0 Å². The average molecular weight is 358 g/mol. The number of benzene rings is 1. The van der Waals surface area contributed by atoms with Crippen LogP contribution in [0.4, 0.5) is 0 Å². The third-order valence-electron chi connectivity index (χ3n) is 4.31. The number of carbonyl (C=O) groups is 2. The molecule has 1 aliphatic rings. The van der Waals surface area contributed by atoms with Gasteiger partial charge in [-0.3, -0.25) is 14.5 Å². The molecule has 0 radical (unpaired) electrons. The number of rotatable bonds is 7. The van der Waals surface area contributed by atoms with Gasteiger partial charge in [0.15, 0.2) is 23.9 Å². The molecule has 138 valence electrons. The maximum absolute atomic E-state index is 12.3. The summed E-state index contributed by atoms with van der Waals surface area (Å²) >= 11 is 0. The maximum Gasteiger partial charge on any atom is 0.260 e. The first-order valence-electron chi connectivity index (χ1n) is 8.50. The molecule has 0 bridgehead atoms. The van der Waals surface area contributed by atoms with Gasteiger partial charge in [-0.05, 0) is 24.3 Å². The summed E-state index contributed by atoms with van der Waals surface area (Å²) in [5.41, 5.74) is 0. The Balaban J connectivity index is 1.44. The first-order valence-corrected chi connectivity index (χ1v) is 8.50. The molecule has 2 heterocycles. The van der Waals surface area contributed by atoms with E-state index in [0.29, 0.717) is 50.0 Å². The van der Waals surface area contributed by atoms with Crippen LogP contribution in [0.1, 0.15) is 10.6 Å². The van der Waals surface area contributed by atoms with Gasteiger partial charge < -0.3 is 18.8 Å². The lowest BCUT2D eigenvalue weighted by atomic mass is 10.2. The Morgan fingerprint density at radius 2 is 1.77 bits per heavy atom. The fourth-order valence-corrected chi connectivity index (χ4v) is 2.84. The molecular weight excluding hydrogens is 336 g/mol. The number of furan rings is 1. The average Bonchev–Trinajstić information content (AvgIpc) is 3.22. The lowest BCUT2D eigenvalue weighted by molar-refractivity contribution is -0.135. The summed E-state index contributed by atoms with van der Waals surface area (Å²) in [4.78, 5) is 28.2. The fourth-order valence-electron chi connectivity index (χ4n) is 2.84. The van der Waals surface area contributed by atoms with E-state index in [1.165, 1.54) is 6.26 Å². The van der Waals surface area contributed by atoms with Crippen molar-refractivity contribution in [1.82, 2.24) is 9.80 Å². The Hall–Kier alpha value is -2.80. The number of methoxy groups -OCH3 is 1. The van der Waals surface area contributed by atoms with E-state index in [4.69, 9.17) is 13.9 Å². The van der Waals surface area contributed by atoms with Gasteiger partial charge >= 0.3 is 0 Å². The molecule has 0 spiro atoms. The molecule has 1 saturated heterocycles. The third kappa shape index (κ3) is 4.43. The van der Waals surface area contributed by atoms with Crippen LogP contribution in [0.5, 0.6) is 11.5 Å². The van der Waals surface area contributed by atoms with Gasteiger partial charge in [-0.2, -0.15) is 0 Å². The second-order valence-electron chi connectivity index (χ2n) is 6.00. The molecule has 0 saturated carbocycles. The molecule has 1 amide bonds. The highest BCUT2D eigenvalue weighted by Gasteiger charge is 2.23. The van der Waals surface area contributed by atoms with Crippen molar-refractivity contribution < 1.29 is 23.5 Å². The molecule has 7 heteroatoms. The highest BCUT2D eigenvalue weighted by atomic mass is 16.5. The first-order chi connectivity index (χ1) is 12.7. The Labute approximate surface area is 152 Å². The van der Waals surface area contributed by atoms with Gasteiger partial charge in [0.1, 0.15) is 0 Å². The van der Waals surface area contributed by atoms with Gasteiger partial charge in [0.05, 0.1) is 19.9 Å². The van der Waals surface area contributed by atoms with Gasteiger partial charge in [0.2, 0.25) is 5.78 Å². The highest BCUT2D eigenvalue weighted by molar-refractivity contribution is 5.95. The van der Waals surface area contributed by atoms with E-state index in [0.717, 1.165) is 0 Å². The molecule has 26 heavy (non-hydrogen) atoms. The van der Waals surface area contributed by atoms with Crippen molar-refractivity contribution in [3.63, 3.8) is 0 Å². The number of nitrogens with zero attached hydrogens (tertiary/aromatic N) is 2. The smallest absolute Gasteiger partial charge is 0.260 e. The van der Waals surface area contributed by atoms with Crippen LogP contribution >= 0.6 is 0 Å². The molecule has 1 fully saturated rings. The standard InChI is InChI=1S/C19H22N2O5/c1-24-17-5-2-3-6-18(17)26-14-19(23)21-10-8-20(9-11-21)13-15(22)16-7-4-12-25-16/h2-7,12H,8-11,13-14H2,1H3. The second kappa shape index (κ2) is 8.53. The normalized spacial score (nSPS) is 14.9. The van der Waals surface area contributed by atoms with Gasteiger partial charge in [0, 0.05) is 26.2 Å². The third-order valence-corrected chi connectivity index (χ3v) is 4.31. The minimum atomic E-state index is -0.0760. The predicted molar refractivity (Wildman–Crippen MR) is 94.5 cm³/mol. The monoisotopic (exact) mass is 358 g/mol. The Morgan fingerprint density at radius 3 is 2.42 bits per heavy atom. The van der Waals surface area contributed by atoms with Crippen LogP contribution in [0.2, 0.25) is 0 Å². The van der Waals surface area contributed by atoms with Crippen molar-refractivity contribution in [2.45, 2.75) is 0 Å². The summed E-state index contributed by atoms with van der Waals surface area (Å²) < 4.78 is 15.9. The summed E-state index contributed by atoms with van der Waals surface area (Å²) in [5, 5.41) is 0. The van der Waals surface area contributed by atoms with Crippen molar-refractivity contribution in [3.8, 4) is 11.5 Å². The van der Waals surface area contributed by atoms with Crippen LogP contribution in [-0.2, 0) is 4.79 Å². The molecule has 1 aromatic carbocycles. The minimum absolute atomic E-state index is 0.0360. The van der Waals surface area contributed by atoms with Crippen LogP contribution in [0.15, 0.2) is 47.1 Å². The Kier molecular flexibility index (Phi) is 5.91. The zero-order valence-corrected chi connectivity index (χ0v) is 14.7. The van der Waals surface area contributed by atoms with Crippen LogP contribution in [0, 0.1) is 0 Å². The van der Waals surface area contributed by atoms with E-state index in [1.807, 2.05) is 17.0 Å². The number of ketones is 1. The second-order valence-corrected chi connectivity index (χ2v) is 6.00. The van der Waals surface area contributed by atoms with Crippen LogP contribution in [0.25, 0.3) is 0 Å². The van der Waals surface area contributed by atoms with Gasteiger partial charge in [0.25, 0.3) is 5.91 Å². The number of Topliss-reactive ketones (excluding diaryl/α,β-unsaturated/α-hetero) is 1. The number of ether oxygens (including phenoxy) is 2. The molecule has 3 rings (SSSR count). The molecule has 0 aliphatic carbocycles. The minimum Gasteiger partial charge on any atom is -0.493 e. The molecule has 2 aromatic rings. The fraction of sp³-hybridized carbons (Fsp3) is 0.368. The summed E-state index contributed by atoms with van der Waals surface area (Å²) in [5.74, 6) is 1.39. The number of para-hydroxylation sites is 2. The summed E-state index contributed by atoms with van der Waals surface area (Å²) in [6.07, 6.45) is 1.49. The van der Waals surface area contributed by atoms with Crippen molar-refractivity contribution in [1.29, 1.82) is 0 Å². The predicted octanol–water partition coefficient (Wildman–Crippen LogP) is 1.69. The van der Waals surface area contributed by atoms with E-state index in [-0.39, 0.29) is 18.3 Å².